The average molecular weight is 233 g/mol. The molecule has 0 unspecified atom stereocenters. The average Bonchev–Trinajstić information content (AvgIpc) is 2.34. The van der Waals surface area contributed by atoms with Gasteiger partial charge in [0.2, 0.25) is 0 Å². The molecule has 0 aliphatic carbocycles. The number of phenols is 1. The zero-order valence-corrected chi connectivity index (χ0v) is 8.97. The summed E-state index contributed by atoms with van der Waals surface area (Å²) < 4.78 is 4.69. The molecule has 0 aromatic heterocycles. The molecular formula is C12H11NO4. The van der Waals surface area contributed by atoms with Crippen molar-refractivity contribution < 1.29 is 19.4 Å². The Kier molecular flexibility index (Phi) is 4.58. The lowest BCUT2D eigenvalue weighted by atomic mass is 10.2. The van der Waals surface area contributed by atoms with Crippen LogP contribution in [0.3, 0.4) is 0 Å². The van der Waals surface area contributed by atoms with Crippen LogP contribution in [0.4, 0.5) is 0 Å². The lowest BCUT2D eigenvalue weighted by Crippen LogP contribution is -2.29. The van der Waals surface area contributed by atoms with Crippen LogP contribution in [0.15, 0.2) is 24.3 Å². The Hall–Kier alpha value is -2.48. The standard InChI is InChI=1S/C12H11NO4/c1-2-7-13-11(15)8-17-12(16)9-5-3-4-6-10(9)14/h1,3-6,14H,7-8H2,(H,13,15). The number of nitrogens with one attached hydrogen (secondary N) is 1. The lowest BCUT2D eigenvalue weighted by Gasteiger charge is -2.05. The fraction of sp³-hybridized carbons (Fsp3) is 0.167. The maximum atomic E-state index is 11.4. The maximum absolute atomic E-state index is 11.4. The van der Waals surface area contributed by atoms with Crippen molar-refractivity contribution >= 4 is 11.9 Å². The van der Waals surface area contributed by atoms with Crippen molar-refractivity contribution in [1.82, 2.24) is 5.32 Å². The molecule has 0 fully saturated rings. The van der Waals surface area contributed by atoms with Gasteiger partial charge in [-0.05, 0) is 12.1 Å². The van der Waals surface area contributed by atoms with Gasteiger partial charge in [-0.2, -0.15) is 0 Å². The molecule has 0 aliphatic rings. The van der Waals surface area contributed by atoms with E-state index in [1.54, 1.807) is 12.1 Å². The highest BCUT2D eigenvalue weighted by Crippen LogP contribution is 2.16. The van der Waals surface area contributed by atoms with Crippen molar-refractivity contribution in [2.75, 3.05) is 13.2 Å². The van der Waals surface area contributed by atoms with Gasteiger partial charge in [0, 0.05) is 0 Å². The molecule has 0 saturated carbocycles. The van der Waals surface area contributed by atoms with E-state index in [0.717, 1.165) is 0 Å². The molecule has 5 heteroatoms. The first-order valence-corrected chi connectivity index (χ1v) is 4.80. The highest BCUT2D eigenvalue weighted by atomic mass is 16.5. The largest absolute Gasteiger partial charge is 0.507 e. The number of carbonyl (C=O) groups excluding carboxylic acids is 2. The number of rotatable bonds is 4. The minimum absolute atomic E-state index is 0.0113. The molecule has 1 amide bonds. The smallest absolute Gasteiger partial charge is 0.342 e. The quantitative estimate of drug-likeness (QED) is 0.579. The second kappa shape index (κ2) is 6.18. The summed E-state index contributed by atoms with van der Waals surface area (Å²) in [5.41, 5.74) is 0.0113. The van der Waals surface area contributed by atoms with E-state index >= 15 is 0 Å². The molecular weight excluding hydrogens is 222 g/mol. The first-order valence-electron chi connectivity index (χ1n) is 4.80. The zero-order chi connectivity index (χ0) is 12.7. The summed E-state index contributed by atoms with van der Waals surface area (Å²) in [6.07, 6.45) is 4.94. The summed E-state index contributed by atoms with van der Waals surface area (Å²) in [6.45, 7) is -0.359. The number of esters is 1. The summed E-state index contributed by atoms with van der Waals surface area (Å²) in [5.74, 6) is 0.763. The molecule has 0 spiro atoms. The number of aromatic hydroxyl groups is 1. The Morgan fingerprint density at radius 2 is 2.12 bits per heavy atom. The van der Waals surface area contributed by atoms with Crippen molar-refractivity contribution in [3.63, 3.8) is 0 Å². The fourth-order valence-corrected chi connectivity index (χ4v) is 1.06. The van der Waals surface area contributed by atoms with Crippen molar-refractivity contribution in [2.45, 2.75) is 0 Å². The van der Waals surface area contributed by atoms with Gasteiger partial charge < -0.3 is 15.2 Å². The molecule has 0 radical (unpaired) electrons. The van der Waals surface area contributed by atoms with Gasteiger partial charge in [0.1, 0.15) is 11.3 Å². The van der Waals surface area contributed by atoms with Gasteiger partial charge in [0.25, 0.3) is 5.91 Å². The number of amides is 1. The second-order valence-corrected chi connectivity index (χ2v) is 3.07. The summed E-state index contributed by atoms with van der Waals surface area (Å²) in [5, 5.41) is 11.7. The first-order chi connectivity index (χ1) is 8.15. The van der Waals surface area contributed by atoms with Gasteiger partial charge in [0.05, 0.1) is 6.54 Å². The predicted octanol–water partition coefficient (Wildman–Crippen LogP) is 0.298. The van der Waals surface area contributed by atoms with Crippen LogP contribution in [0.25, 0.3) is 0 Å². The maximum Gasteiger partial charge on any atom is 0.342 e. The number of hydrogen-bond acceptors (Lipinski definition) is 4. The summed E-state index contributed by atoms with van der Waals surface area (Å²) in [4.78, 5) is 22.5. The molecule has 0 saturated heterocycles. The number of hydrogen-bond donors (Lipinski definition) is 2. The van der Waals surface area contributed by atoms with Crippen LogP contribution < -0.4 is 5.32 Å². The number of para-hydroxylation sites is 1. The van der Waals surface area contributed by atoms with Crippen LogP contribution in [0, 0.1) is 12.3 Å². The van der Waals surface area contributed by atoms with Crippen LogP contribution in [0.5, 0.6) is 5.75 Å². The molecule has 0 aliphatic heterocycles. The molecule has 0 heterocycles. The van der Waals surface area contributed by atoms with E-state index in [2.05, 4.69) is 16.0 Å². The third-order valence-electron chi connectivity index (χ3n) is 1.85. The zero-order valence-electron chi connectivity index (χ0n) is 8.97. The topological polar surface area (TPSA) is 75.6 Å². The normalized spacial score (nSPS) is 9.12. The highest BCUT2D eigenvalue weighted by Gasteiger charge is 2.13. The van der Waals surface area contributed by atoms with E-state index in [0.29, 0.717) is 0 Å². The molecule has 1 rings (SSSR count). The molecule has 88 valence electrons. The monoisotopic (exact) mass is 233 g/mol. The molecule has 0 atom stereocenters. The predicted molar refractivity (Wildman–Crippen MR) is 60.2 cm³/mol. The Balaban J connectivity index is 2.49. The van der Waals surface area contributed by atoms with Gasteiger partial charge in [-0.15, -0.1) is 6.42 Å². The van der Waals surface area contributed by atoms with Crippen molar-refractivity contribution in [1.29, 1.82) is 0 Å². The third-order valence-corrected chi connectivity index (χ3v) is 1.85. The Bertz CT molecular complexity index is 462. The van der Waals surface area contributed by atoms with Crippen molar-refractivity contribution in [2.24, 2.45) is 0 Å². The Labute approximate surface area is 98.4 Å². The number of phenolic OH excluding ortho intramolecular Hbond substituents is 1. The first kappa shape index (κ1) is 12.6. The van der Waals surface area contributed by atoms with Gasteiger partial charge in [0.15, 0.2) is 6.61 Å². The molecule has 0 bridgehead atoms. The third kappa shape index (κ3) is 3.87. The minimum Gasteiger partial charge on any atom is -0.507 e. The molecule has 17 heavy (non-hydrogen) atoms. The van der Waals surface area contributed by atoms with E-state index in [-0.39, 0.29) is 17.9 Å². The summed E-state index contributed by atoms with van der Waals surface area (Å²) in [6, 6.07) is 5.91. The van der Waals surface area contributed by atoms with E-state index in [1.165, 1.54) is 12.1 Å². The van der Waals surface area contributed by atoms with Crippen LogP contribution in [0.2, 0.25) is 0 Å². The molecule has 1 aromatic rings. The Morgan fingerprint density at radius 1 is 1.41 bits per heavy atom. The number of carbonyl (C=O) groups is 2. The van der Waals surface area contributed by atoms with Gasteiger partial charge >= 0.3 is 5.97 Å². The van der Waals surface area contributed by atoms with Crippen molar-refractivity contribution in [3.05, 3.63) is 29.8 Å². The lowest BCUT2D eigenvalue weighted by molar-refractivity contribution is -0.123. The van der Waals surface area contributed by atoms with E-state index in [4.69, 9.17) is 6.42 Å². The van der Waals surface area contributed by atoms with E-state index in [9.17, 15) is 14.7 Å². The number of ether oxygens (including phenoxy) is 1. The van der Waals surface area contributed by atoms with Gasteiger partial charge in [-0.3, -0.25) is 4.79 Å². The SMILES string of the molecule is C#CCNC(=O)COC(=O)c1ccccc1O. The van der Waals surface area contributed by atoms with Gasteiger partial charge in [-0.1, -0.05) is 18.1 Å². The molecule has 1 aromatic carbocycles. The van der Waals surface area contributed by atoms with Crippen LogP contribution >= 0.6 is 0 Å². The number of terminal acetylenes is 1. The summed E-state index contributed by atoms with van der Waals surface area (Å²) >= 11 is 0. The second-order valence-electron chi connectivity index (χ2n) is 3.07. The van der Waals surface area contributed by atoms with Gasteiger partial charge in [-0.25, -0.2) is 4.79 Å². The summed E-state index contributed by atoms with van der Waals surface area (Å²) in [7, 11) is 0. The van der Waals surface area contributed by atoms with E-state index < -0.39 is 18.5 Å². The fourth-order valence-electron chi connectivity index (χ4n) is 1.06. The van der Waals surface area contributed by atoms with E-state index in [1.807, 2.05) is 0 Å². The number of benzene rings is 1. The minimum atomic E-state index is -0.765. The van der Waals surface area contributed by atoms with Crippen LogP contribution in [0.1, 0.15) is 10.4 Å². The Morgan fingerprint density at radius 3 is 2.76 bits per heavy atom. The van der Waals surface area contributed by atoms with Crippen LogP contribution in [-0.2, 0) is 9.53 Å². The molecule has 5 nitrogen and oxygen atoms in total. The molecule has 2 N–H and O–H groups in total. The van der Waals surface area contributed by atoms with Crippen molar-refractivity contribution in [3.8, 4) is 18.1 Å². The van der Waals surface area contributed by atoms with Crippen LogP contribution in [-0.4, -0.2) is 30.1 Å². The highest BCUT2D eigenvalue weighted by molar-refractivity contribution is 5.93.